The van der Waals surface area contributed by atoms with E-state index >= 15 is 0 Å². The third kappa shape index (κ3) is 1.64. The van der Waals surface area contributed by atoms with E-state index in [2.05, 4.69) is 5.32 Å². The Bertz CT molecular complexity index is 77.1. The summed E-state index contributed by atoms with van der Waals surface area (Å²) in [7, 11) is 1.68. The molecule has 2 atom stereocenters. The highest BCUT2D eigenvalue weighted by Crippen LogP contribution is 2.11. The summed E-state index contributed by atoms with van der Waals surface area (Å²) in [5, 5.41) is 11.8. The van der Waals surface area contributed by atoms with Crippen molar-refractivity contribution >= 4 is 0 Å². The summed E-state index contributed by atoms with van der Waals surface area (Å²) in [6.45, 7) is 0.222. The molecule has 1 rings (SSSR count). The van der Waals surface area contributed by atoms with Gasteiger partial charge in [-0.2, -0.15) is 0 Å². The molecule has 1 unspecified atom stereocenters. The first-order valence-electron chi connectivity index (χ1n) is 3.26. The Labute approximate surface area is 55.0 Å². The van der Waals surface area contributed by atoms with E-state index in [1.54, 1.807) is 7.11 Å². The van der Waals surface area contributed by atoms with Crippen molar-refractivity contribution in [3.63, 3.8) is 0 Å². The van der Waals surface area contributed by atoms with Crippen molar-refractivity contribution in [1.82, 2.24) is 5.32 Å². The van der Waals surface area contributed by atoms with Crippen LogP contribution in [0.4, 0.5) is 0 Å². The SMILES string of the molecule is COC1CC[C@@H](CO)N1. The van der Waals surface area contributed by atoms with Crippen LogP contribution in [0.25, 0.3) is 0 Å². The van der Waals surface area contributed by atoms with Gasteiger partial charge < -0.3 is 9.84 Å². The normalized spacial score (nSPS) is 35.3. The minimum absolute atomic E-state index is 0.169. The Morgan fingerprint density at radius 1 is 1.67 bits per heavy atom. The predicted molar refractivity (Wildman–Crippen MR) is 34.0 cm³/mol. The van der Waals surface area contributed by atoms with Gasteiger partial charge in [-0.25, -0.2) is 0 Å². The Hall–Kier alpha value is -0.120. The molecule has 0 aromatic carbocycles. The van der Waals surface area contributed by atoms with E-state index in [0.717, 1.165) is 12.8 Å². The molecule has 0 aromatic heterocycles. The average Bonchev–Trinajstić information content (AvgIpc) is 2.34. The first-order chi connectivity index (χ1) is 4.36. The molecule has 1 aliphatic heterocycles. The fourth-order valence-electron chi connectivity index (χ4n) is 1.11. The molecule has 0 saturated carbocycles. The van der Waals surface area contributed by atoms with Gasteiger partial charge in [0.15, 0.2) is 0 Å². The smallest absolute Gasteiger partial charge is 0.108 e. The predicted octanol–water partition coefficient (Wildman–Crippen LogP) is -0.297. The first-order valence-corrected chi connectivity index (χ1v) is 3.26. The number of nitrogens with one attached hydrogen (secondary N) is 1. The lowest BCUT2D eigenvalue weighted by Gasteiger charge is -2.09. The van der Waals surface area contributed by atoms with Crippen LogP contribution in [0.5, 0.6) is 0 Å². The van der Waals surface area contributed by atoms with Gasteiger partial charge in [-0.3, -0.25) is 5.32 Å². The van der Waals surface area contributed by atoms with Gasteiger partial charge in [-0.1, -0.05) is 0 Å². The largest absolute Gasteiger partial charge is 0.395 e. The average molecular weight is 131 g/mol. The topological polar surface area (TPSA) is 41.5 Å². The van der Waals surface area contributed by atoms with Crippen LogP contribution in [0.2, 0.25) is 0 Å². The van der Waals surface area contributed by atoms with Crippen LogP contribution in [-0.4, -0.2) is 31.1 Å². The minimum atomic E-state index is 0.169. The van der Waals surface area contributed by atoms with Crippen LogP contribution in [0.3, 0.4) is 0 Å². The van der Waals surface area contributed by atoms with Gasteiger partial charge in [0.1, 0.15) is 6.23 Å². The van der Waals surface area contributed by atoms with Crippen molar-refractivity contribution in [2.45, 2.75) is 25.1 Å². The van der Waals surface area contributed by atoms with Gasteiger partial charge in [-0.05, 0) is 12.8 Å². The summed E-state index contributed by atoms with van der Waals surface area (Å²) in [6.07, 6.45) is 2.21. The van der Waals surface area contributed by atoms with E-state index in [4.69, 9.17) is 9.84 Å². The number of hydrogen-bond donors (Lipinski definition) is 2. The van der Waals surface area contributed by atoms with E-state index < -0.39 is 0 Å². The van der Waals surface area contributed by atoms with Gasteiger partial charge in [0.2, 0.25) is 0 Å². The van der Waals surface area contributed by atoms with E-state index in [9.17, 15) is 0 Å². The molecular weight excluding hydrogens is 118 g/mol. The van der Waals surface area contributed by atoms with E-state index in [1.165, 1.54) is 0 Å². The zero-order valence-electron chi connectivity index (χ0n) is 5.63. The van der Waals surface area contributed by atoms with Crippen molar-refractivity contribution in [3.05, 3.63) is 0 Å². The number of aliphatic hydroxyl groups is 1. The van der Waals surface area contributed by atoms with Crippen LogP contribution in [0.15, 0.2) is 0 Å². The molecule has 0 aromatic rings. The maximum Gasteiger partial charge on any atom is 0.108 e. The summed E-state index contributed by atoms with van der Waals surface area (Å²) in [6, 6.07) is 0.259. The van der Waals surface area contributed by atoms with Crippen molar-refractivity contribution in [3.8, 4) is 0 Å². The fraction of sp³-hybridized carbons (Fsp3) is 1.00. The molecular formula is C6H13NO2. The Kier molecular flexibility index (Phi) is 2.45. The summed E-state index contributed by atoms with van der Waals surface area (Å²) < 4.78 is 5.02. The zero-order valence-corrected chi connectivity index (χ0v) is 5.63. The molecule has 1 heterocycles. The van der Waals surface area contributed by atoms with Gasteiger partial charge >= 0.3 is 0 Å². The van der Waals surface area contributed by atoms with E-state index in [-0.39, 0.29) is 18.9 Å². The monoisotopic (exact) mass is 131 g/mol. The second kappa shape index (κ2) is 3.15. The molecule has 1 fully saturated rings. The van der Waals surface area contributed by atoms with Crippen molar-refractivity contribution in [2.24, 2.45) is 0 Å². The molecule has 0 spiro atoms. The highest BCUT2D eigenvalue weighted by molar-refractivity contribution is 4.76. The Balaban J connectivity index is 2.20. The summed E-state index contributed by atoms with van der Waals surface area (Å²) in [5.41, 5.74) is 0. The minimum Gasteiger partial charge on any atom is -0.395 e. The standard InChI is InChI=1S/C6H13NO2/c1-9-6-3-2-5(4-8)7-6/h5-8H,2-4H2,1H3/t5-,6?/m0/s1. The van der Waals surface area contributed by atoms with Crippen LogP contribution in [0, 0.1) is 0 Å². The third-order valence-electron chi connectivity index (χ3n) is 1.70. The first kappa shape index (κ1) is 6.99. The molecule has 0 radical (unpaired) electrons. The molecule has 1 aliphatic rings. The second-order valence-corrected chi connectivity index (χ2v) is 2.35. The van der Waals surface area contributed by atoms with Crippen LogP contribution in [-0.2, 0) is 4.74 Å². The van der Waals surface area contributed by atoms with Crippen molar-refractivity contribution < 1.29 is 9.84 Å². The molecule has 0 bridgehead atoms. The van der Waals surface area contributed by atoms with Crippen LogP contribution < -0.4 is 5.32 Å². The van der Waals surface area contributed by atoms with Crippen LogP contribution in [0.1, 0.15) is 12.8 Å². The van der Waals surface area contributed by atoms with Gasteiger partial charge in [0, 0.05) is 13.2 Å². The highest BCUT2D eigenvalue weighted by Gasteiger charge is 2.21. The lowest BCUT2D eigenvalue weighted by atomic mass is 10.2. The quantitative estimate of drug-likeness (QED) is 0.540. The lowest BCUT2D eigenvalue weighted by Crippen LogP contribution is -2.32. The molecule has 54 valence electrons. The second-order valence-electron chi connectivity index (χ2n) is 2.35. The number of ether oxygens (including phenoxy) is 1. The molecule has 2 N–H and O–H groups in total. The molecule has 0 amide bonds. The summed E-state index contributed by atoms with van der Waals surface area (Å²) in [4.78, 5) is 0. The van der Waals surface area contributed by atoms with Crippen molar-refractivity contribution in [2.75, 3.05) is 13.7 Å². The molecule has 1 saturated heterocycles. The number of hydrogen-bond acceptors (Lipinski definition) is 3. The van der Waals surface area contributed by atoms with Gasteiger partial charge in [-0.15, -0.1) is 0 Å². The lowest BCUT2D eigenvalue weighted by molar-refractivity contribution is 0.0829. The van der Waals surface area contributed by atoms with Crippen molar-refractivity contribution in [1.29, 1.82) is 0 Å². The van der Waals surface area contributed by atoms with Gasteiger partial charge in [0.05, 0.1) is 6.61 Å². The summed E-state index contributed by atoms with van der Waals surface area (Å²) in [5.74, 6) is 0. The third-order valence-corrected chi connectivity index (χ3v) is 1.70. The Morgan fingerprint density at radius 2 is 2.44 bits per heavy atom. The highest BCUT2D eigenvalue weighted by atomic mass is 16.5. The number of methoxy groups -OCH3 is 1. The maximum absolute atomic E-state index is 8.66. The van der Waals surface area contributed by atoms with E-state index in [0.29, 0.717) is 0 Å². The van der Waals surface area contributed by atoms with E-state index in [1.807, 2.05) is 0 Å². The number of aliphatic hydroxyl groups excluding tert-OH is 1. The molecule has 0 aliphatic carbocycles. The Morgan fingerprint density at radius 3 is 2.78 bits per heavy atom. The summed E-state index contributed by atoms with van der Waals surface area (Å²) >= 11 is 0. The van der Waals surface area contributed by atoms with Crippen LogP contribution >= 0.6 is 0 Å². The molecule has 3 nitrogen and oxygen atoms in total. The molecule has 3 heteroatoms. The fourth-order valence-corrected chi connectivity index (χ4v) is 1.11. The maximum atomic E-state index is 8.66. The zero-order chi connectivity index (χ0) is 6.69. The molecule has 9 heavy (non-hydrogen) atoms. The van der Waals surface area contributed by atoms with Gasteiger partial charge in [0.25, 0.3) is 0 Å². The number of rotatable bonds is 2.